The molecule has 2 aromatic rings. The Hall–Kier alpha value is -2.24. The van der Waals surface area contributed by atoms with Gasteiger partial charge in [0, 0.05) is 19.6 Å². The summed E-state index contributed by atoms with van der Waals surface area (Å²) >= 11 is 0. The van der Waals surface area contributed by atoms with E-state index in [0.717, 1.165) is 11.1 Å². The van der Waals surface area contributed by atoms with Gasteiger partial charge in [-0.05, 0) is 25.0 Å². The Morgan fingerprint density at radius 1 is 1.00 bits per heavy atom. The van der Waals surface area contributed by atoms with Crippen molar-refractivity contribution >= 4 is 5.97 Å². The third-order valence-corrected chi connectivity index (χ3v) is 4.68. The Labute approximate surface area is 167 Å². The van der Waals surface area contributed by atoms with Gasteiger partial charge >= 0.3 is 5.97 Å². The number of alkyl halides is 1. The first kappa shape index (κ1) is 22.1. The van der Waals surface area contributed by atoms with Crippen LogP contribution in [-0.4, -0.2) is 42.9 Å². The number of esters is 1. The maximum atomic E-state index is 15.2. The van der Waals surface area contributed by atoms with Crippen LogP contribution in [0.5, 0.6) is 0 Å². The van der Waals surface area contributed by atoms with E-state index in [1.165, 1.54) is 7.11 Å². The number of hydrogen-bond donors (Lipinski definition) is 0. The van der Waals surface area contributed by atoms with Crippen LogP contribution >= 0.6 is 0 Å². The molecule has 0 aliphatic heterocycles. The summed E-state index contributed by atoms with van der Waals surface area (Å²) < 4.78 is 25.4. The molecule has 0 aliphatic carbocycles. The van der Waals surface area contributed by atoms with E-state index in [9.17, 15) is 4.79 Å². The molecule has 0 aliphatic rings. The van der Waals surface area contributed by atoms with E-state index in [0.29, 0.717) is 13.1 Å². The Kier molecular flexibility index (Phi) is 8.61. The standard InChI is InChI=1S/C23H30FNO3/c1-23(2,28-15-14-22(26)27-3)21(24)18-25(16-19-10-6-4-7-11-19)17-20-12-8-5-9-13-20/h4-13,21H,14-18H2,1-3H3. The lowest BCUT2D eigenvalue weighted by atomic mass is 10.0. The van der Waals surface area contributed by atoms with Crippen molar-refractivity contribution in [2.45, 2.75) is 45.1 Å². The van der Waals surface area contributed by atoms with E-state index >= 15 is 4.39 Å². The van der Waals surface area contributed by atoms with Crippen LogP contribution in [0.25, 0.3) is 0 Å². The van der Waals surface area contributed by atoms with Crippen molar-refractivity contribution in [2.24, 2.45) is 0 Å². The summed E-state index contributed by atoms with van der Waals surface area (Å²) in [6, 6.07) is 20.1. The fraction of sp³-hybridized carbons (Fsp3) is 0.435. The van der Waals surface area contributed by atoms with Crippen molar-refractivity contribution in [1.82, 2.24) is 4.90 Å². The molecule has 0 saturated carbocycles. The first-order chi connectivity index (χ1) is 13.4. The molecule has 5 heteroatoms. The van der Waals surface area contributed by atoms with Crippen LogP contribution in [-0.2, 0) is 27.4 Å². The summed E-state index contributed by atoms with van der Waals surface area (Å²) in [5.41, 5.74) is 1.27. The number of carbonyl (C=O) groups is 1. The SMILES string of the molecule is COC(=O)CCOC(C)(C)C(F)CN(Cc1ccccc1)Cc1ccccc1. The summed E-state index contributed by atoms with van der Waals surface area (Å²) in [6.07, 6.45) is -1.10. The minimum Gasteiger partial charge on any atom is -0.469 e. The molecule has 0 spiro atoms. The van der Waals surface area contributed by atoms with Gasteiger partial charge in [0.2, 0.25) is 0 Å². The lowest BCUT2D eigenvalue weighted by molar-refractivity contribution is -0.144. The molecule has 1 atom stereocenters. The summed E-state index contributed by atoms with van der Waals surface area (Å²) in [7, 11) is 1.33. The van der Waals surface area contributed by atoms with Crippen molar-refractivity contribution < 1.29 is 18.7 Å². The Morgan fingerprint density at radius 3 is 1.96 bits per heavy atom. The minimum atomic E-state index is -1.21. The Morgan fingerprint density at radius 2 is 1.50 bits per heavy atom. The second-order valence-corrected chi connectivity index (χ2v) is 7.39. The molecular weight excluding hydrogens is 357 g/mol. The first-order valence-electron chi connectivity index (χ1n) is 9.56. The molecule has 4 nitrogen and oxygen atoms in total. The average Bonchev–Trinajstić information content (AvgIpc) is 2.69. The molecule has 0 amide bonds. The van der Waals surface area contributed by atoms with Gasteiger partial charge in [-0.15, -0.1) is 0 Å². The summed E-state index contributed by atoms with van der Waals surface area (Å²) in [5.74, 6) is -0.360. The minimum absolute atomic E-state index is 0.115. The zero-order chi connectivity index (χ0) is 20.4. The molecule has 152 valence electrons. The summed E-state index contributed by atoms with van der Waals surface area (Å²) in [5, 5.41) is 0. The lowest BCUT2D eigenvalue weighted by Crippen LogP contribution is -2.44. The third kappa shape index (κ3) is 7.41. The molecule has 0 fully saturated rings. The van der Waals surface area contributed by atoms with E-state index in [1.54, 1.807) is 13.8 Å². The van der Waals surface area contributed by atoms with Gasteiger partial charge in [-0.25, -0.2) is 4.39 Å². The molecule has 0 radical (unpaired) electrons. The highest BCUT2D eigenvalue weighted by atomic mass is 19.1. The lowest BCUT2D eigenvalue weighted by Gasteiger charge is -2.33. The third-order valence-electron chi connectivity index (χ3n) is 4.68. The molecule has 1 unspecified atom stereocenters. The summed E-state index contributed by atoms with van der Waals surface area (Å²) in [4.78, 5) is 13.3. The number of ether oxygens (including phenoxy) is 2. The number of nitrogens with zero attached hydrogens (tertiary/aromatic N) is 1. The van der Waals surface area contributed by atoms with E-state index in [1.807, 2.05) is 60.7 Å². The maximum Gasteiger partial charge on any atom is 0.307 e. The molecular formula is C23H30FNO3. The van der Waals surface area contributed by atoms with Gasteiger partial charge in [-0.3, -0.25) is 9.69 Å². The first-order valence-corrected chi connectivity index (χ1v) is 9.56. The number of methoxy groups -OCH3 is 1. The summed E-state index contributed by atoms with van der Waals surface area (Å²) in [6.45, 7) is 5.10. The van der Waals surface area contributed by atoms with Gasteiger partial charge in [0.05, 0.1) is 25.7 Å². The highest BCUT2D eigenvalue weighted by Crippen LogP contribution is 2.22. The molecule has 28 heavy (non-hydrogen) atoms. The second-order valence-electron chi connectivity index (χ2n) is 7.39. The van der Waals surface area contributed by atoms with Crippen molar-refractivity contribution in [2.75, 3.05) is 20.3 Å². The molecule has 0 N–H and O–H groups in total. The number of hydrogen-bond acceptors (Lipinski definition) is 4. The van der Waals surface area contributed by atoms with Crippen LogP contribution in [0.2, 0.25) is 0 Å². The number of rotatable bonds is 11. The van der Waals surface area contributed by atoms with E-state index < -0.39 is 11.8 Å². The molecule has 2 rings (SSSR count). The fourth-order valence-electron chi connectivity index (χ4n) is 2.90. The largest absolute Gasteiger partial charge is 0.469 e. The number of halogens is 1. The van der Waals surface area contributed by atoms with Crippen LogP contribution in [0, 0.1) is 0 Å². The van der Waals surface area contributed by atoms with Crippen LogP contribution in [0.1, 0.15) is 31.4 Å². The van der Waals surface area contributed by atoms with Crippen LogP contribution in [0.15, 0.2) is 60.7 Å². The Bertz CT molecular complexity index is 665. The van der Waals surface area contributed by atoms with Crippen LogP contribution in [0.4, 0.5) is 4.39 Å². The van der Waals surface area contributed by atoms with Gasteiger partial charge in [-0.2, -0.15) is 0 Å². The van der Waals surface area contributed by atoms with Gasteiger partial charge in [0.15, 0.2) is 0 Å². The van der Waals surface area contributed by atoms with E-state index in [-0.39, 0.29) is 25.5 Å². The van der Waals surface area contributed by atoms with Crippen molar-refractivity contribution in [3.05, 3.63) is 71.8 Å². The van der Waals surface area contributed by atoms with Crippen LogP contribution < -0.4 is 0 Å². The van der Waals surface area contributed by atoms with E-state index in [4.69, 9.17) is 4.74 Å². The maximum absolute atomic E-state index is 15.2. The quantitative estimate of drug-likeness (QED) is 0.536. The van der Waals surface area contributed by atoms with E-state index in [2.05, 4.69) is 9.64 Å². The van der Waals surface area contributed by atoms with Gasteiger partial charge in [-0.1, -0.05) is 60.7 Å². The Balaban J connectivity index is 2.01. The predicted molar refractivity (Wildman–Crippen MR) is 109 cm³/mol. The second kappa shape index (κ2) is 10.9. The van der Waals surface area contributed by atoms with Gasteiger partial charge in [0.1, 0.15) is 6.17 Å². The molecule has 0 saturated heterocycles. The normalized spacial score (nSPS) is 12.8. The van der Waals surface area contributed by atoms with Crippen LogP contribution in [0.3, 0.4) is 0 Å². The van der Waals surface area contributed by atoms with Gasteiger partial charge in [0.25, 0.3) is 0 Å². The van der Waals surface area contributed by atoms with Crippen molar-refractivity contribution in [3.8, 4) is 0 Å². The molecule has 0 aromatic heterocycles. The van der Waals surface area contributed by atoms with Crippen molar-refractivity contribution in [1.29, 1.82) is 0 Å². The van der Waals surface area contributed by atoms with Crippen molar-refractivity contribution in [3.63, 3.8) is 0 Å². The zero-order valence-electron chi connectivity index (χ0n) is 16.9. The topological polar surface area (TPSA) is 38.8 Å². The highest BCUT2D eigenvalue weighted by molar-refractivity contribution is 5.69. The molecule has 2 aromatic carbocycles. The van der Waals surface area contributed by atoms with Gasteiger partial charge < -0.3 is 9.47 Å². The number of carbonyl (C=O) groups excluding carboxylic acids is 1. The molecule has 0 heterocycles. The average molecular weight is 387 g/mol. The smallest absolute Gasteiger partial charge is 0.307 e. The zero-order valence-corrected chi connectivity index (χ0v) is 16.9. The number of benzene rings is 2. The predicted octanol–water partition coefficient (Wildman–Crippen LogP) is 4.39. The monoisotopic (exact) mass is 387 g/mol. The molecule has 0 bridgehead atoms. The highest BCUT2D eigenvalue weighted by Gasteiger charge is 2.32. The fourth-order valence-corrected chi connectivity index (χ4v) is 2.90.